The number of thiophene rings is 1. The average molecular weight is 460 g/mol. The monoisotopic (exact) mass is 459 g/mol. The molecule has 2 heterocycles. The number of hydrogen-bond acceptors (Lipinski definition) is 8. The SMILES string of the molecule is CCOC(=O)c1nn(-c2ccc(OC)cc2)c(=O)c2c(N(C)C(=O)OC(C)(C)C)scc12. The van der Waals surface area contributed by atoms with Crippen LogP contribution in [0.3, 0.4) is 0 Å². The van der Waals surface area contributed by atoms with Gasteiger partial charge in [-0.05, 0) is 52.0 Å². The molecule has 0 spiro atoms. The molecule has 0 saturated carbocycles. The molecule has 0 bridgehead atoms. The van der Waals surface area contributed by atoms with E-state index in [2.05, 4.69) is 5.10 Å². The molecular formula is C22H25N3O6S. The number of ether oxygens (including phenoxy) is 3. The predicted octanol–water partition coefficient (Wildman–Crippen LogP) is 4.00. The number of nitrogens with zero attached hydrogens (tertiary/aromatic N) is 3. The molecule has 1 aromatic carbocycles. The Kier molecular flexibility index (Phi) is 6.54. The van der Waals surface area contributed by atoms with Crippen LogP contribution in [0.2, 0.25) is 0 Å². The van der Waals surface area contributed by atoms with Gasteiger partial charge in [-0.15, -0.1) is 11.3 Å². The van der Waals surface area contributed by atoms with Crippen LogP contribution >= 0.6 is 11.3 Å². The van der Waals surface area contributed by atoms with Crippen LogP contribution < -0.4 is 15.2 Å². The van der Waals surface area contributed by atoms with Gasteiger partial charge in [-0.25, -0.2) is 9.59 Å². The lowest BCUT2D eigenvalue weighted by Crippen LogP contribution is -2.34. The standard InChI is InChI=1S/C22H25N3O6S/c1-7-30-20(27)17-15-12-32-19(24(5)21(28)31-22(2,3)4)16(15)18(26)25(23-17)13-8-10-14(29-6)11-9-13/h8-12H,7H2,1-6H3. The van der Waals surface area contributed by atoms with Crippen molar-refractivity contribution in [3.63, 3.8) is 0 Å². The molecule has 0 N–H and O–H groups in total. The third kappa shape index (κ3) is 4.59. The van der Waals surface area contributed by atoms with E-state index in [9.17, 15) is 14.4 Å². The average Bonchev–Trinajstić information content (AvgIpc) is 3.18. The Morgan fingerprint density at radius 3 is 2.41 bits per heavy atom. The zero-order valence-corrected chi connectivity index (χ0v) is 19.6. The fraction of sp³-hybridized carbons (Fsp3) is 0.364. The van der Waals surface area contributed by atoms with Crippen molar-refractivity contribution in [2.24, 2.45) is 0 Å². The van der Waals surface area contributed by atoms with E-state index in [0.29, 0.717) is 21.8 Å². The Hall–Kier alpha value is -3.40. The summed E-state index contributed by atoms with van der Waals surface area (Å²) in [4.78, 5) is 40.0. The number of anilines is 1. The second kappa shape index (κ2) is 8.99. The number of amides is 1. The zero-order chi connectivity index (χ0) is 23.6. The highest BCUT2D eigenvalue weighted by atomic mass is 32.1. The molecule has 1 amide bonds. The molecule has 0 aliphatic carbocycles. The number of benzene rings is 1. The summed E-state index contributed by atoms with van der Waals surface area (Å²) < 4.78 is 16.9. The minimum Gasteiger partial charge on any atom is -0.497 e. The smallest absolute Gasteiger partial charge is 0.415 e. The van der Waals surface area contributed by atoms with Crippen LogP contribution in [0, 0.1) is 0 Å². The Morgan fingerprint density at radius 1 is 1.19 bits per heavy atom. The number of carbonyl (C=O) groups is 2. The maximum absolute atomic E-state index is 13.5. The van der Waals surface area contributed by atoms with Crippen molar-refractivity contribution in [2.45, 2.75) is 33.3 Å². The van der Waals surface area contributed by atoms with Crippen molar-refractivity contribution in [3.8, 4) is 11.4 Å². The van der Waals surface area contributed by atoms with Crippen molar-refractivity contribution in [3.05, 3.63) is 45.7 Å². The molecule has 0 unspecified atom stereocenters. The number of hydrogen-bond donors (Lipinski definition) is 0. The molecule has 32 heavy (non-hydrogen) atoms. The van der Waals surface area contributed by atoms with Gasteiger partial charge in [-0.1, -0.05) is 0 Å². The first-order chi connectivity index (χ1) is 15.1. The van der Waals surface area contributed by atoms with Gasteiger partial charge >= 0.3 is 12.1 Å². The van der Waals surface area contributed by atoms with E-state index in [0.717, 1.165) is 16.0 Å². The van der Waals surface area contributed by atoms with E-state index < -0.39 is 23.2 Å². The summed E-state index contributed by atoms with van der Waals surface area (Å²) in [5.41, 5.74) is -0.776. The van der Waals surface area contributed by atoms with Gasteiger partial charge in [0.15, 0.2) is 5.69 Å². The summed E-state index contributed by atoms with van der Waals surface area (Å²) in [5, 5.41) is 6.73. The highest BCUT2D eigenvalue weighted by Gasteiger charge is 2.27. The quantitative estimate of drug-likeness (QED) is 0.532. The van der Waals surface area contributed by atoms with Crippen LogP contribution in [-0.4, -0.2) is 48.2 Å². The Balaban J connectivity index is 2.23. The first-order valence-electron chi connectivity index (χ1n) is 9.90. The number of aromatic nitrogens is 2. The highest BCUT2D eigenvalue weighted by molar-refractivity contribution is 7.16. The fourth-order valence-corrected chi connectivity index (χ4v) is 3.95. The molecule has 0 saturated heterocycles. The van der Waals surface area contributed by atoms with Crippen LogP contribution in [0.4, 0.5) is 9.80 Å². The molecule has 3 aromatic rings. The summed E-state index contributed by atoms with van der Waals surface area (Å²) in [6, 6.07) is 6.66. The lowest BCUT2D eigenvalue weighted by Gasteiger charge is -2.24. The first-order valence-corrected chi connectivity index (χ1v) is 10.8. The summed E-state index contributed by atoms with van der Waals surface area (Å²) in [5.74, 6) is -0.0570. The molecule has 170 valence electrons. The fourth-order valence-electron chi connectivity index (χ4n) is 2.94. The maximum atomic E-state index is 13.5. The lowest BCUT2D eigenvalue weighted by molar-refractivity contribution is 0.0518. The van der Waals surface area contributed by atoms with E-state index in [1.807, 2.05) is 0 Å². The maximum Gasteiger partial charge on any atom is 0.415 e. The Morgan fingerprint density at radius 2 is 1.84 bits per heavy atom. The van der Waals surface area contributed by atoms with Crippen molar-refractivity contribution in [2.75, 3.05) is 25.7 Å². The van der Waals surface area contributed by atoms with Gasteiger partial charge in [0.2, 0.25) is 0 Å². The van der Waals surface area contributed by atoms with Crippen LogP contribution in [-0.2, 0) is 9.47 Å². The lowest BCUT2D eigenvalue weighted by atomic mass is 10.2. The van der Waals surface area contributed by atoms with Gasteiger partial charge < -0.3 is 14.2 Å². The predicted molar refractivity (Wildman–Crippen MR) is 122 cm³/mol. The van der Waals surface area contributed by atoms with E-state index in [1.54, 1.807) is 57.3 Å². The number of fused-ring (bicyclic) bond motifs is 1. The molecule has 0 atom stereocenters. The van der Waals surface area contributed by atoms with Gasteiger partial charge in [0.05, 0.1) is 24.8 Å². The minimum atomic E-state index is -0.709. The van der Waals surface area contributed by atoms with E-state index in [4.69, 9.17) is 14.2 Å². The molecule has 0 aliphatic heterocycles. The van der Waals surface area contributed by atoms with Crippen LogP contribution in [0.5, 0.6) is 5.75 Å². The van der Waals surface area contributed by atoms with Gasteiger partial charge in [0, 0.05) is 17.8 Å². The summed E-state index contributed by atoms with van der Waals surface area (Å²) in [6.45, 7) is 7.10. The summed E-state index contributed by atoms with van der Waals surface area (Å²) in [7, 11) is 3.05. The second-order valence-electron chi connectivity index (χ2n) is 7.85. The topological polar surface area (TPSA) is 100.0 Å². The third-order valence-corrected chi connectivity index (χ3v) is 5.45. The Bertz CT molecular complexity index is 1210. The minimum absolute atomic E-state index is 0.0163. The number of methoxy groups -OCH3 is 1. The van der Waals surface area contributed by atoms with Crippen LogP contribution in [0.15, 0.2) is 34.4 Å². The zero-order valence-electron chi connectivity index (χ0n) is 18.8. The Labute approximate surface area is 189 Å². The summed E-state index contributed by atoms with van der Waals surface area (Å²) in [6.07, 6.45) is -0.619. The van der Waals surface area contributed by atoms with Crippen molar-refractivity contribution >= 4 is 39.2 Å². The largest absolute Gasteiger partial charge is 0.497 e. The molecule has 2 aromatic heterocycles. The van der Waals surface area contributed by atoms with Crippen molar-refractivity contribution in [1.29, 1.82) is 0 Å². The first kappa shape index (κ1) is 23.3. The van der Waals surface area contributed by atoms with E-state index >= 15 is 0 Å². The molecule has 3 rings (SSSR count). The van der Waals surface area contributed by atoms with Gasteiger partial charge in [-0.3, -0.25) is 9.69 Å². The third-order valence-electron chi connectivity index (χ3n) is 4.39. The molecule has 9 nitrogen and oxygen atoms in total. The van der Waals surface area contributed by atoms with Crippen LogP contribution in [0.25, 0.3) is 16.5 Å². The van der Waals surface area contributed by atoms with Crippen molar-refractivity contribution in [1.82, 2.24) is 9.78 Å². The highest BCUT2D eigenvalue weighted by Crippen LogP contribution is 2.34. The van der Waals surface area contributed by atoms with Crippen LogP contribution in [0.1, 0.15) is 38.2 Å². The number of rotatable bonds is 5. The van der Waals surface area contributed by atoms with Gasteiger partial charge in [-0.2, -0.15) is 9.78 Å². The molecule has 0 aliphatic rings. The van der Waals surface area contributed by atoms with Gasteiger partial charge in [0.1, 0.15) is 16.4 Å². The van der Waals surface area contributed by atoms with Gasteiger partial charge in [0.25, 0.3) is 5.56 Å². The normalized spacial score (nSPS) is 11.3. The number of esters is 1. The molecule has 0 radical (unpaired) electrons. The molecular weight excluding hydrogens is 434 g/mol. The molecule has 0 fully saturated rings. The van der Waals surface area contributed by atoms with E-state index in [1.165, 1.54) is 19.1 Å². The van der Waals surface area contributed by atoms with E-state index in [-0.39, 0.29) is 17.7 Å². The second-order valence-corrected chi connectivity index (χ2v) is 8.71. The van der Waals surface area contributed by atoms with Crippen molar-refractivity contribution < 1.29 is 23.8 Å². The summed E-state index contributed by atoms with van der Waals surface area (Å²) >= 11 is 1.14. The molecule has 10 heteroatoms. The number of carbonyl (C=O) groups excluding carboxylic acids is 2.